The van der Waals surface area contributed by atoms with Gasteiger partial charge in [-0.25, -0.2) is 0 Å². The van der Waals surface area contributed by atoms with E-state index in [9.17, 15) is 4.79 Å². The quantitative estimate of drug-likeness (QED) is 0.678. The van der Waals surface area contributed by atoms with Gasteiger partial charge in [-0.15, -0.1) is 12.4 Å². The van der Waals surface area contributed by atoms with Gasteiger partial charge in [0.1, 0.15) is 17.8 Å². The number of amides is 1. The first-order chi connectivity index (χ1) is 15.7. The lowest BCUT2D eigenvalue weighted by atomic mass is 9.77. The Morgan fingerprint density at radius 2 is 1.67 bits per heavy atom. The topological polar surface area (TPSA) is 51.2 Å². The fourth-order valence-electron chi connectivity index (χ4n) is 6.26. The molecule has 2 aromatic rings. The van der Waals surface area contributed by atoms with Gasteiger partial charge >= 0.3 is 0 Å². The molecular formula is C26H29ClN2O4. The molecule has 4 heterocycles. The Labute approximate surface area is 200 Å². The summed E-state index contributed by atoms with van der Waals surface area (Å²) in [6.45, 7) is 3.66. The third kappa shape index (κ3) is 3.00. The van der Waals surface area contributed by atoms with Gasteiger partial charge in [0.2, 0.25) is 12.7 Å². The van der Waals surface area contributed by atoms with Crippen molar-refractivity contribution in [2.45, 2.75) is 43.6 Å². The highest BCUT2D eigenvalue weighted by atomic mass is 35.5. The molecule has 1 unspecified atom stereocenters. The number of halogens is 1. The Hall–Kier alpha value is -2.44. The molecule has 0 N–H and O–H groups in total. The first-order valence-corrected chi connectivity index (χ1v) is 12.0. The Kier molecular flexibility index (Phi) is 5.00. The van der Waals surface area contributed by atoms with Crippen molar-refractivity contribution in [3.05, 3.63) is 47.5 Å². The minimum Gasteiger partial charge on any atom is -0.491 e. The largest absolute Gasteiger partial charge is 0.491 e. The third-order valence-electron chi connectivity index (χ3n) is 8.32. The van der Waals surface area contributed by atoms with Gasteiger partial charge in [-0.3, -0.25) is 4.79 Å². The number of hydrogen-bond donors (Lipinski definition) is 0. The van der Waals surface area contributed by atoms with E-state index in [1.54, 1.807) is 0 Å². The Bertz CT molecular complexity index is 1100. The number of piperidine rings is 1. The normalized spacial score (nSPS) is 26.1. The number of fused-ring (bicyclic) bond motifs is 5. The summed E-state index contributed by atoms with van der Waals surface area (Å²) in [6, 6.07) is 12.9. The number of rotatable bonds is 3. The van der Waals surface area contributed by atoms with E-state index in [2.05, 4.69) is 17.0 Å². The number of para-hydroxylation sites is 1. The summed E-state index contributed by atoms with van der Waals surface area (Å²) in [6.07, 6.45) is 6.45. The van der Waals surface area contributed by atoms with E-state index in [4.69, 9.17) is 14.2 Å². The van der Waals surface area contributed by atoms with Crippen LogP contribution >= 0.6 is 12.4 Å². The predicted molar refractivity (Wildman–Crippen MR) is 127 cm³/mol. The number of likely N-dealkylation sites (tertiary alicyclic amines) is 1. The van der Waals surface area contributed by atoms with E-state index in [1.807, 2.05) is 29.2 Å². The van der Waals surface area contributed by atoms with Crippen molar-refractivity contribution in [1.29, 1.82) is 0 Å². The standard InChI is InChI=1S/C26H28N2O4.ClH/c29-25-26(15-30-22-13-24-23(12-20(22)26)31-16-32-24)19-6-1-2-7-21(19)28(25)14-17-8-10-27(11-9-17)18-4-3-5-18;/h1-2,6-7,12-13,17-18H,3-5,8-11,14-16H2;1H. The van der Waals surface area contributed by atoms with E-state index in [-0.39, 0.29) is 25.1 Å². The van der Waals surface area contributed by atoms with Crippen LogP contribution in [0.4, 0.5) is 5.69 Å². The summed E-state index contributed by atoms with van der Waals surface area (Å²) < 4.78 is 17.3. The summed E-state index contributed by atoms with van der Waals surface area (Å²) in [5.41, 5.74) is 2.20. The van der Waals surface area contributed by atoms with Crippen molar-refractivity contribution >= 4 is 24.0 Å². The van der Waals surface area contributed by atoms with Gasteiger partial charge in [0, 0.05) is 29.9 Å². The average Bonchev–Trinajstić information content (AvgIpc) is 3.45. The third-order valence-corrected chi connectivity index (χ3v) is 8.32. The van der Waals surface area contributed by atoms with Gasteiger partial charge in [-0.05, 0) is 62.4 Å². The fourth-order valence-corrected chi connectivity index (χ4v) is 6.26. The molecule has 7 heteroatoms. The molecular weight excluding hydrogens is 440 g/mol. The molecule has 1 spiro atoms. The molecule has 2 aromatic carbocycles. The second kappa shape index (κ2) is 7.81. The van der Waals surface area contributed by atoms with Crippen LogP contribution in [-0.2, 0) is 10.2 Å². The molecule has 5 aliphatic rings. The van der Waals surface area contributed by atoms with E-state index in [0.717, 1.165) is 35.2 Å². The number of ether oxygens (including phenoxy) is 3. The SMILES string of the molecule is Cl.O=C1N(CC2CCN(C3CCC3)CC2)c2ccccc2C12COc1cc3c(cc12)OCO3. The highest BCUT2D eigenvalue weighted by Gasteiger charge is 2.57. The zero-order valence-corrected chi connectivity index (χ0v) is 19.4. The van der Waals surface area contributed by atoms with Gasteiger partial charge < -0.3 is 24.0 Å². The molecule has 0 aromatic heterocycles. The van der Waals surface area contributed by atoms with Crippen LogP contribution in [-0.4, -0.2) is 49.9 Å². The molecule has 1 saturated heterocycles. The highest BCUT2D eigenvalue weighted by Crippen LogP contribution is 2.55. The van der Waals surface area contributed by atoms with Crippen LogP contribution in [0.2, 0.25) is 0 Å². The Morgan fingerprint density at radius 3 is 2.42 bits per heavy atom. The maximum Gasteiger partial charge on any atom is 0.245 e. The molecule has 1 saturated carbocycles. The summed E-state index contributed by atoms with van der Waals surface area (Å²) in [5.74, 6) is 2.79. The molecule has 1 atom stereocenters. The fraction of sp³-hybridized carbons (Fsp3) is 0.500. The molecule has 2 fully saturated rings. The lowest BCUT2D eigenvalue weighted by Crippen LogP contribution is -2.48. The number of carbonyl (C=O) groups excluding carboxylic acids is 1. The Balaban J connectivity index is 0.00000206. The monoisotopic (exact) mass is 468 g/mol. The number of benzene rings is 2. The van der Waals surface area contributed by atoms with Crippen molar-refractivity contribution in [2.24, 2.45) is 5.92 Å². The van der Waals surface area contributed by atoms with Crippen LogP contribution in [0.1, 0.15) is 43.2 Å². The predicted octanol–water partition coefficient (Wildman–Crippen LogP) is 4.13. The number of nitrogens with zero attached hydrogens (tertiary/aromatic N) is 2. The van der Waals surface area contributed by atoms with Crippen LogP contribution in [0.3, 0.4) is 0 Å². The van der Waals surface area contributed by atoms with Crippen LogP contribution in [0.25, 0.3) is 0 Å². The lowest BCUT2D eigenvalue weighted by molar-refractivity contribution is -0.122. The van der Waals surface area contributed by atoms with E-state index in [1.165, 1.54) is 45.2 Å². The minimum absolute atomic E-state index is 0. The molecule has 7 rings (SSSR count). The van der Waals surface area contributed by atoms with Crippen molar-refractivity contribution in [3.63, 3.8) is 0 Å². The first kappa shape index (κ1) is 21.1. The molecule has 4 aliphatic heterocycles. The first-order valence-electron chi connectivity index (χ1n) is 12.0. The molecule has 0 bridgehead atoms. The molecule has 6 nitrogen and oxygen atoms in total. The molecule has 0 radical (unpaired) electrons. The zero-order chi connectivity index (χ0) is 21.3. The van der Waals surface area contributed by atoms with Crippen molar-refractivity contribution in [3.8, 4) is 17.2 Å². The van der Waals surface area contributed by atoms with E-state index >= 15 is 0 Å². The average molecular weight is 469 g/mol. The summed E-state index contributed by atoms with van der Waals surface area (Å²) in [5, 5.41) is 0. The van der Waals surface area contributed by atoms with Gasteiger partial charge in [-0.1, -0.05) is 24.6 Å². The zero-order valence-electron chi connectivity index (χ0n) is 18.6. The highest BCUT2D eigenvalue weighted by molar-refractivity contribution is 6.11. The van der Waals surface area contributed by atoms with E-state index < -0.39 is 5.41 Å². The second-order valence-corrected chi connectivity index (χ2v) is 9.89. The molecule has 1 amide bonds. The smallest absolute Gasteiger partial charge is 0.245 e. The van der Waals surface area contributed by atoms with Crippen LogP contribution < -0.4 is 19.1 Å². The number of carbonyl (C=O) groups is 1. The number of hydrogen-bond acceptors (Lipinski definition) is 5. The molecule has 1 aliphatic carbocycles. The molecule has 174 valence electrons. The minimum atomic E-state index is -0.792. The van der Waals surface area contributed by atoms with Crippen molar-refractivity contribution in [2.75, 3.05) is 37.9 Å². The summed E-state index contributed by atoms with van der Waals surface area (Å²) >= 11 is 0. The lowest BCUT2D eigenvalue weighted by Gasteiger charge is -2.42. The van der Waals surface area contributed by atoms with Crippen molar-refractivity contribution < 1.29 is 19.0 Å². The van der Waals surface area contributed by atoms with Crippen LogP contribution in [0.15, 0.2) is 36.4 Å². The van der Waals surface area contributed by atoms with Gasteiger partial charge in [0.05, 0.1) is 0 Å². The van der Waals surface area contributed by atoms with E-state index in [0.29, 0.717) is 24.0 Å². The van der Waals surface area contributed by atoms with Gasteiger partial charge in [0.15, 0.2) is 11.5 Å². The molecule has 33 heavy (non-hydrogen) atoms. The van der Waals surface area contributed by atoms with Gasteiger partial charge in [-0.2, -0.15) is 0 Å². The van der Waals surface area contributed by atoms with Crippen LogP contribution in [0.5, 0.6) is 17.2 Å². The maximum absolute atomic E-state index is 14.1. The second-order valence-electron chi connectivity index (χ2n) is 9.89. The summed E-state index contributed by atoms with van der Waals surface area (Å²) in [7, 11) is 0. The number of anilines is 1. The Morgan fingerprint density at radius 1 is 0.909 bits per heavy atom. The summed E-state index contributed by atoms with van der Waals surface area (Å²) in [4.78, 5) is 18.8. The van der Waals surface area contributed by atoms with Crippen molar-refractivity contribution in [1.82, 2.24) is 4.90 Å². The maximum atomic E-state index is 14.1. The van der Waals surface area contributed by atoms with Gasteiger partial charge in [0.25, 0.3) is 0 Å². The van der Waals surface area contributed by atoms with Crippen LogP contribution in [0, 0.1) is 5.92 Å².